The van der Waals surface area contributed by atoms with E-state index in [1.54, 1.807) is 11.9 Å². The first-order valence-electron chi connectivity index (χ1n) is 8.40. The Kier molecular flexibility index (Phi) is 4.03. The molecule has 3 aliphatic heterocycles. The number of anilines is 1. The zero-order valence-electron chi connectivity index (χ0n) is 14.3. The van der Waals surface area contributed by atoms with E-state index in [0.717, 1.165) is 35.2 Å². The van der Waals surface area contributed by atoms with Gasteiger partial charge in [0.05, 0.1) is 11.4 Å². The molecule has 0 bridgehead atoms. The number of benzene rings is 1. The molecule has 0 saturated carbocycles. The fraction of sp³-hybridized carbons (Fsp3) is 0.389. The van der Waals surface area contributed by atoms with Crippen LogP contribution >= 0.6 is 11.8 Å². The van der Waals surface area contributed by atoms with Crippen molar-refractivity contribution in [2.24, 2.45) is 4.99 Å². The highest BCUT2D eigenvalue weighted by Crippen LogP contribution is 2.37. The van der Waals surface area contributed by atoms with Crippen molar-refractivity contribution in [3.63, 3.8) is 0 Å². The number of thioether (sulfide) groups is 1. The van der Waals surface area contributed by atoms with Gasteiger partial charge < -0.3 is 15.1 Å². The summed E-state index contributed by atoms with van der Waals surface area (Å²) in [5.41, 5.74) is 3.01. The lowest BCUT2D eigenvalue weighted by molar-refractivity contribution is -0.120. The van der Waals surface area contributed by atoms with Gasteiger partial charge in [-0.3, -0.25) is 14.6 Å². The minimum atomic E-state index is -0.0801. The van der Waals surface area contributed by atoms with E-state index in [1.807, 2.05) is 31.2 Å². The molecule has 1 aromatic rings. The van der Waals surface area contributed by atoms with E-state index in [2.05, 4.69) is 15.2 Å². The monoisotopic (exact) mass is 356 g/mol. The Hall–Kier alpha value is -2.28. The van der Waals surface area contributed by atoms with Gasteiger partial charge in [0, 0.05) is 43.9 Å². The van der Waals surface area contributed by atoms with Gasteiger partial charge in [-0.05, 0) is 30.3 Å². The lowest BCUT2D eigenvalue weighted by atomic mass is 9.89. The number of nitrogens with zero attached hydrogens (tertiary/aromatic N) is 3. The second-order valence-electron chi connectivity index (χ2n) is 6.46. The van der Waals surface area contributed by atoms with E-state index in [0.29, 0.717) is 17.9 Å². The normalized spacial score (nSPS) is 22.1. The molecule has 7 heteroatoms. The van der Waals surface area contributed by atoms with Crippen LogP contribution in [0.5, 0.6) is 0 Å². The number of fused-ring (bicyclic) bond motifs is 2. The molecule has 1 N–H and O–H groups in total. The molecule has 0 aliphatic carbocycles. The lowest BCUT2D eigenvalue weighted by Gasteiger charge is -2.31. The maximum Gasteiger partial charge on any atom is 0.259 e. The van der Waals surface area contributed by atoms with E-state index in [4.69, 9.17) is 0 Å². The number of hydrogen-bond acceptors (Lipinski definition) is 5. The molecule has 0 saturated heterocycles. The average molecular weight is 356 g/mol. The SMILES string of the molecule is CC1=C(C(=O)NC[C@@H]2CC(=O)N(C)c3ccccc32)SC2=NCCN21. The van der Waals surface area contributed by atoms with Crippen molar-refractivity contribution < 1.29 is 9.59 Å². The van der Waals surface area contributed by atoms with Gasteiger partial charge >= 0.3 is 0 Å². The number of rotatable bonds is 3. The highest BCUT2D eigenvalue weighted by Gasteiger charge is 2.34. The molecule has 1 aromatic carbocycles. The maximum absolute atomic E-state index is 12.6. The summed E-state index contributed by atoms with van der Waals surface area (Å²) in [4.78, 5) is 33.8. The number of nitrogens with one attached hydrogen (secondary N) is 1. The van der Waals surface area contributed by atoms with Crippen molar-refractivity contribution in [1.82, 2.24) is 10.2 Å². The van der Waals surface area contributed by atoms with Crippen molar-refractivity contribution in [1.29, 1.82) is 0 Å². The van der Waals surface area contributed by atoms with Gasteiger partial charge in [-0.1, -0.05) is 18.2 Å². The smallest absolute Gasteiger partial charge is 0.259 e. The number of hydrogen-bond donors (Lipinski definition) is 1. The summed E-state index contributed by atoms with van der Waals surface area (Å²) in [7, 11) is 1.80. The Morgan fingerprint density at radius 3 is 3.00 bits per heavy atom. The fourth-order valence-corrected chi connectivity index (χ4v) is 4.63. The van der Waals surface area contributed by atoms with Crippen LogP contribution in [0, 0.1) is 0 Å². The molecule has 0 spiro atoms. The summed E-state index contributed by atoms with van der Waals surface area (Å²) in [6, 6.07) is 7.90. The second kappa shape index (κ2) is 6.22. The number of allylic oxidation sites excluding steroid dienone is 1. The van der Waals surface area contributed by atoms with Gasteiger partial charge in [-0.2, -0.15) is 0 Å². The van der Waals surface area contributed by atoms with E-state index in [9.17, 15) is 9.59 Å². The quantitative estimate of drug-likeness (QED) is 0.898. The topological polar surface area (TPSA) is 65.0 Å². The Bertz CT molecular complexity index is 817. The molecule has 0 fully saturated rings. The van der Waals surface area contributed by atoms with Crippen molar-refractivity contribution in [2.45, 2.75) is 19.3 Å². The second-order valence-corrected chi connectivity index (χ2v) is 7.43. The fourth-order valence-electron chi connectivity index (χ4n) is 3.53. The summed E-state index contributed by atoms with van der Waals surface area (Å²) in [5, 5.41) is 3.94. The Balaban J connectivity index is 1.48. The van der Waals surface area contributed by atoms with Crippen LogP contribution in [0.2, 0.25) is 0 Å². The van der Waals surface area contributed by atoms with Gasteiger partial charge in [0.2, 0.25) is 5.91 Å². The van der Waals surface area contributed by atoms with E-state index >= 15 is 0 Å². The number of amidine groups is 1. The first-order chi connectivity index (χ1) is 12.1. The van der Waals surface area contributed by atoms with Gasteiger partial charge in [0.15, 0.2) is 5.17 Å². The number of aliphatic imine (C=N–C) groups is 1. The number of carbonyl (C=O) groups excluding carboxylic acids is 2. The summed E-state index contributed by atoms with van der Waals surface area (Å²) in [6.07, 6.45) is 0.414. The van der Waals surface area contributed by atoms with Crippen LogP contribution in [0.4, 0.5) is 5.69 Å². The number of para-hydroxylation sites is 1. The minimum Gasteiger partial charge on any atom is -0.351 e. The standard InChI is InChI=1S/C18H20N4O2S/c1-11-16(25-18-19-7-8-22(11)18)17(24)20-10-12-9-15(23)21(2)14-6-4-3-5-13(12)14/h3-6,12H,7-10H2,1-2H3,(H,20,24)/t12-/m0/s1. The lowest BCUT2D eigenvalue weighted by Crippen LogP contribution is -2.38. The van der Waals surface area contributed by atoms with E-state index in [-0.39, 0.29) is 17.7 Å². The Morgan fingerprint density at radius 1 is 1.40 bits per heavy atom. The van der Waals surface area contributed by atoms with Crippen molar-refractivity contribution in [3.8, 4) is 0 Å². The van der Waals surface area contributed by atoms with Crippen LogP contribution in [0.3, 0.4) is 0 Å². The zero-order valence-corrected chi connectivity index (χ0v) is 15.1. The molecule has 3 aliphatic rings. The first-order valence-corrected chi connectivity index (χ1v) is 9.22. The van der Waals surface area contributed by atoms with Gasteiger partial charge in [-0.15, -0.1) is 0 Å². The number of carbonyl (C=O) groups is 2. The van der Waals surface area contributed by atoms with Crippen molar-refractivity contribution in [2.75, 3.05) is 31.6 Å². The highest BCUT2D eigenvalue weighted by atomic mass is 32.2. The van der Waals surface area contributed by atoms with Gasteiger partial charge in [0.25, 0.3) is 5.91 Å². The highest BCUT2D eigenvalue weighted by molar-refractivity contribution is 8.18. The summed E-state index contributed by atoms with van der Waals surface area (Å²) >= 11 is 1.44. The minimum absolute atomic E-state index is 0.00769. The molecule has 25 heavy (non-hydrogen) atoms. The van der Waals surface area contributed by atoms with Gasteiger partial charge in [-0.25, -0.2) is 0 Å². The third kappa shape index (κ3) is 2.72. The molecule has 6 nitrogen and oxygen atoms in total. The van der Waals surface area contributed by atoms with Crippen molar-refractivity contribution >= 4 is 34.4 Å². The molecular weight excluding hydrogens is 336 g/mol. The average Bonchev–Trinajstić information content (AvgIpc) is 3.20. The molecule has 0 radical (unpaired) electrons. The molecule has 2 amide bonds. The van der Waals surface area contributed by atoms with Crippen LogP contribution in [-0.2, 0) is 9.59 Å². The van der Waals surface area contributed by atoms with Crippen LogP contribution in [0.25, 0.3) is 0 Å². The number of amides is 2. The molecular formula is C18H20N4O2S. The molecule has 3 heterocycles. The summed E-state index contributed by atoms with van der Waals surface area (Å²) in [6.45, 7) is 4.06. The predicted molar refractivity (Wildman–Crippen MR) is 99.5 cm³/mol. The molecule has 0 unspecified atom stereocenters. The maximum atomic E-state index is 12.6. The molecule has 1 atom stereocenters. The third-order valence-electron chi connectivity index (χ3n) is 4.98. The Morgan fingerprint density at radius 2 is 2.20 bits per heavy atom. The largest absolute Gasteiger partial charge is 0.351 e. The Labute approximate surface area is 151 Å². The first kappa shape index (κ1) is 16.2. The molecule has 130 valence electrons. The van der Waals surface area contributed by atoms with Gasteiger partial charge in [0.1, 0.15) is 0 Å². The van der Waals surface area contributed by atoms with E-state index in [1.165, 1.54) is 11.8 Å². The summed E-state index contributed by atoms with van der Waals surface area (Å²) in [5.74, 6) is 0.00958. The van der Waals surface area contributed by atoms with Crippen molar-refractivity contribution in [3.05, 3.63) is 40.4 Å². The third-order valence-corrected chi connectivity index (χ3v) is 6.19. The predicted octanol–water partition coefficient (Wildman–Crippen LogP) is 1.90. The summed E-state index contributed by atoms with van der Waals surface area (Å²) < 4.78 is 0. The van der Waals surface area contributed by atoms with Crippen LogP contribution in [0.15, 0.2) is 39.9 Å². The molecule has 0 aromatic heterocycles. The zero-order chi connectivity index (χ0) is 17.6. The van der Waals surface area contributed by atoms with Crippen LogP contribution in [0.1, 0.15) is 24.8 Å². The van der Waals surface area contributed by atoms with Crippen LogP contribution < -0.4 is 10.2 Å². The van der Waals surface area contributed by atoms with Crippen LogP contribution in [-0.4, -0.2) is 48.6 Å². The van der Waals surface area contributed by atoms with E-state index < -0.39 is 0 Å². The molecule has 4 rings (SSSR count).